The van der Waals surface area contributed by atoms with Crippen molar-refractivity contribution < 1.29 is 0 Å². The Morgan fingerprint density at radius 1 is 1.37 bits per heavy atom. The molecular formula is C13H24N6. The van der Waals surface area contributed by atoms with E-state index in [2.05, 4.69) is 32.5 Å². The van der Waals surface area contributed by atoms with Gasteiger partial charge in [-0.1, -0.05) is 13.8 Å². The second kappa shape index (κ2) is 6.68. The van der Waals surface area contributed by atoms with Crippen LogP contribution in [0, 0.1) is 0 Å². The highest BCUT2D eigenvalue weighted by Gasteiger charge is 2.22. The van der Waals surface area contributed by atoms with E-state index in [1.165, 1.54) is 19.4 Å². The lowest BCUT2D eigenvalue weighted by Gasteiger charge is -2.23. The third kappa shape index (κ3) is 3.54. The van der Waals surface area contributed by atoms with Crippen LogP contribution in [0.3, 0.4) is 0 Å². The maximum absolute atomic E-state index is 5.43. The van der Waals surface area contributed by atoms with Crippen LogP contribution in [0.25, 0.3) is 0 Å². The molecule has 1 atom stereocenters. The molecule has 106 valence electrons. The quantitative estimate of drug-likeness (QED) is 0.529. The van der Waals surface area contributed by atoms with Gasteiger partial charge in [-0.25, -0.2) is 15.8 Å². The number of anilines is 2. The highest BCUT2D eigenvalue weighted by Crippen LogP contribution is 2.18. The maximum Gasteiger partial charge on any atom is 0.145 e. The Bertz CT molecular complexity index is 386. The second-order valence-electron chi connectivity index (χ2n) is 4.86. The molecule has 1 fully saturated rings. The summed E-state index contributed by atoms with van der Waals surface area (Å²) in [5.74, 6) is 7.74. The molecule has 19 heavy (non-hydrogen) atoms. The van der Waals surface area contributed by atoms with Gasteiger partial charge in [0.15, 0.2) is 0 Å². The number of nitrogen functional groups attached to an aromatic ring is 1. The average Bonchev–Trinajstić information content (AvgIpc) is 2.92. The van der Waals surface area contributed by atoms with Crippen molar-refractivity contribution in [2.75, 3.05) is 30.4 Å². The topological polar surface area (TPSA) is 79.1 Å². The van der Waals surface area contributed by atoms with E-state index in [4.69, 9.17) is 5.84 Å². The van der Waals surface area contributed by atoms with E-state index in [9.17, 15) is 0 Å². The predicted molar refractivity (Wildman–Crippen MR) is 78.0 cm³/mol. The number of likely N-dealkylation sites (tertiary alicyclic amines) is 1. The summed E-state index contributed by atoms with van der Waals surface area (Å²) in [5, 5.41) is 3.41. The summed E-state index contributed by atoms with van der Waals surface area (Å²) < 4.78 is 0. The zero-order valence-electron chi connectivity index (χ0n) is 11.8. The number of hydrogen-bond donors (Lipinski definition) is 3. The number of hydrazine groups is 1. The molecule has 0 radical (unpaired) electrons. The normalized spacial score (nSPS) is 19.6. The number of hydrogen-bond acceptors (Lipinski definition) is 6. The number of rotatable bonds is 6. The first kappa shape index (κ1) is 14.0. The number of nitrogens with zero attached hydrogens (tertiary/aromatic N) is 3. The minimum atomic E-state index is 0.610. The van der Waals surface area contributed by atoms with E-state index < -0.39 is 0 Å². The van der Waals surface area contributed by atoms with Crippen LogP contribution >= 0.6 is 0 Å². The van der Waals surface area contributed by atoms with Gasteiger partial charge in [0.25, 0.3) is 0 Å². The highest BCUT2D eigenvalue weighted by molar-refractivity contribution is 5.47. The van der Waals surface area contributed by atoms with Gasteiger partial charge in [0.2, 0.25) is 0 Å². The van der Waals surface area contributed by atoms with E-state index in [1.807, 2.05) is 13.0 Å². The molecule has 4 N–H and O–H groups in total. The first-order valence-electron chi connectivity index (χ1n) is 7.09. The highest BCUT2D eigenvalue weighted by atomic mass is 15.3. The van der Waals surface area contributed by atoms with Gasteiger partial charge in [-0.15, -0.1) is 0 Å². The lowest BCUT2D eigenvalue weighted by atomic mass is 10.2. The fourth-order valence-corrected chi connectivity index (χ4v) is 2.58. The molecule has 0 aromatic carbocycles. The molecule has 1 aromatic heterocycles. The van der Waals surface area contributed by atoms with Gasteiger partial charge in [-0.3, -0.25) is 4.90 Å². The SMILES string of the molecule is CCc1nc(NN)cc(NCC2CCCN2CC)n1. The van der Waals surface area contributed by atoms with Crippen molar-refractivity contribution in [2.24, 2.45) is 5.84 Å². The van der Waals surface area contributed by atoms with Crippen LogP contribution < -0.4 is 16.6 Å². The molecule has 1 aliphatic heterocycles. The van der Waals surface area contributed by atoms with Crippen molar-refractivity contribution in [2.45, 2.75) is 39.2 Å². The second-order valence-corrected chi connectivity index (χ2v) is 4.86. The van der Waals surface area contributed by atoms with E-state index >= 15 is 0 Å². The number of nitrogens with two attached hydrogens (primary N) is 1. The lowest BCUT2D eigenvalue weighted by Crippen LogP contribution is -2.34. The molecule has 0 aliphatic carbocycles. The van der Waals surface area contributed by atoms with Gasteiger partial charge < -0.3 is 10.7 Å². The molecule has 1 unspecified atom stereocenters. The van der Waals surface area contributed by atoms with E-state index in [1.54, 1.807) is 0 Å². The molecule has 6 heteroatoms. The molecule has 0 spiro atoms. The van der Waals surface area contributed by atoms with Crippen LogP contribution in [0.15, 0.2) is 6.07 Å². The molecule has 6 nitrogen and oxygen atoms in total. The standard InChI is InChI=1S/C13H24N6/c1-3-11-16-12(8-13(17-11)18-14)15-9-10-6-5-7-19(10)4-2/h8,10H,3-7,9,14H2,1-2H3,(H2,15,16,17,18). The molecule has 2 rings (SSSR count). The predicted octanol–water partition coefficient (Wildman–Crippen LogP) is 1.22. The Labute approximate surface area is 114 Å². The van der Waals surface area contributed by atoms with Gasteiger partial charge in [0.1, 0.15) is 17.5 Å². The minimum absolute atomic E-state index is 0.610. The number of nitrogens with one attached hydrogen (secondary N) is 2. The van der Waals surface area contributed by atoms with E-state index in [0.29, 0.717) is 11.9 Å². The summed E-state index contributed by atoms with van der Waals surface area (Å²) in [6.07, 6.45) is 3.35. The van der Waals surface area contributed by atoms with Crippen LogP contribution in [0.1, 0.15) is 32.5 Å². The molecule has 0 saturated carbocycles. The maximum atomic E-state index is 5.43. The van der Waals surface area contributed by atoms with Gasteiger partial charge in [0, 0.05) is 25.1 Å². The summed E-state index contributed by atoms with van der Waals surface area (Å²) in [7, 11) is 0. The molecule has 1 saturated heterocycles. The fraction of sp³-hybridized carbons (Fsp3) is 0.692. The Kier molecular flexibility index (Phi) is 4.93. The molecule has 1 aliphatic rings. The summed E-state index contributed by atoms with van der Waals surface area (Å²) >= 11 is 0. The van der Waals surface area contributed by atoms with Crippen molar-refractivity contribution in [1.29, 1.82) is 0 Å². The van der Waals surface area contributed by atoms with Crippen LogP contribution in [0.2, 0.25) is 0 Å². The van der Waals surface area contributed by atoms with Gasteiger partial charge in [-0.2, -0.15) is 0 Å². The van der Waals surface area contributed by atoms with Crippen molar-refractivity contribution in [3.63, 3.8) is 0 Å². The molecule has 2 heterocycles. The molecule has 1 aromatic rings. The van der Waals surface area contributed by atoms with Gasteiger partial charge >= 0.3 is 0 Å². The lowest BCUT2D eigenvalue weighted by molar-refractivity contribution is 0.277. The Morgan fingerprint density at radius 2 is 2.16 bits per heavy atom. The molecular weight excluding hydrogens is 240 g/mol. The van der Waals surface area contributed by atoms with Gasteiger partial charge in [-0.05, 0) is 25.9 Å². The zero-order chi connectivity index (χ0) is 13.7. The Balaban J connectivity index is 1.98. The third-order valence-electron chi connectivity index (χ3n) is 3.66. The Morgan fingerprint density at radius 3 is 2.84 bits per heavy atom. The largest absolute Gasteiger partial charge is 0.368 e. The van der Waals surface area contributed by atoms with Crippen molar-refractivity contribution in [1.82, 2.24) is 14.9 Å². The number of aromatic nitrogens is 2. The van der Waals surface area contributed by atoms with E-state index in [-0.39, 0.29) is 0 Å². The summed E-state index contributed by atoms with van der Waals surface area (Å²) in [6, 6.07) is 2.46. The van der Waals surface area contributed by atoms with Crippen LogP contribution in [-0.2, 0) is 6.42 Å². The number of likely N-dealkylation sites (N-methyl/N-ethyl adjacent to an activating group) is 1. The third-order valence-corrected chi connectivity index (χ3v) is 3.66. The first-order valence-corrected chi connectivity index (χ1v) is 7.09. The van der Waals surface area contributed by atoms with Crippen molar-refractivity contribution in [3.8, 4) is 0 Å². The van der Waals surface area contributed by atoms with Crippen LogP contribution in [0.5, 0.6) is 0 Å². The molecule has 0 amide bonds. The van der Waals surface area contributed by atoms with Crippen molar-refractivity contribution in [3.05, 3.63) is 11.9 Å². The van der Waals surface area contributed by atoms with Gasteiger partial charge in [0.05, 0.1) is 0 Å². The average molecular weight is 264 g/mol. The smallest absolute Gasteiger partial charge is 0.145 e. The number of aryl methyl sites for hydroxylation is 1. The van der Waals surface area contributed by atoms with Crippen molar-refractivity contribution >= 4 is 11.6 Å². The van der Waals surface area contributed by atoms with Crippen LogP contribution in [0.4, 0.5) is 11.6 Å². The summed E-state index contributed by atoms with van der Waals surface area (Å²) in [6.45, 7) is 7.51. The first-order chi connectivity index (χ1) is 9.26. The fourth-order valence-electron chi connectivity index (χ4n) is 2.58. The zero-order valence-corrected chi connectivity index (χ0v) is 11.8. The summed E-state index contributed by atoms with van der Waals surface area (Å²) in [4.78, 5) is 11.3. The monoisotopic (exact) mass is 264 g/mol. The van der Waals surface area contributed by atoms with Crippen LogP contribution in [-0.4, -0.2) is 40.5 Å². The Hall–Kier alpha value is -1.40. The summed E-state index contributed by atoms with van der Waals surface area (Å²) in [5.41, 5.74) is 2.59. The van der Waals surface area contributed by atoms with E-state index in [0.717, 1.165) is 31.2 Å². The molecule has 0 bridgehead atoms. The minimum Gasteiger partial charge on any atom is -0.368 e.